The van der Waals surface area contributed by atoms with E-state index in [1.165, 1.54) is 12.1 Å². The Morgan fingerprint density at radius 2 is 1.65 bits per heavy atom. The van der Waals surface area contributed by atoms with E-state index < -0.39 is 23.7 Å². The molecule has 1 heterocycles. The van der Waals surface area contributed by atoms with Crippen molar-refractivity contribution < 1.29 is 18.0 Å². The predicted molar refractivity (Wildman–Crippen MR) is 82.6 cm³/mol. The maximum absolute atomic E-state index is 13.7. The fourth-order valence-corrected chi connectivity index (χ4v) is 2.87. The van der Waals surface area contributed by atoms with Gasteiger partial charge in [0.25, 0.3) is 0 Å². The number of nitrogens with zero attached hydrogens (tertiary/aromatic N) is 1. The van der Waals surface area contributed by atoms with Gasteiger partial charge in [-0.15, -0.1) is 0 Å². The number of carbonyl (C=O) groups excluding carboxylic acids is 1. The second-order valence-corrected chi connectivity index (χ2v) is 7.71. The molecule has 0 aliphatic carbocycles. The third-order valence-electron chi connectivity index (χ3n) is 4.15. The van der Waals surface area contributed by atoms with Crippen LogP contribution in [0.3, 0.4) is 0 Å². The third kappa shape index (κ3) is 3.68. The number of benzene rings is 1. The van der Waals surface area contributed by atoms with Gasteiger partial charge in [-0.3, -0.25) is 10.2 Å². The molecule has 1 aromatic carbocycles. The smallest absolute Gasteiger partial charge is 0.287 e. The molecule has 0 spiro atoms. The first kappa shape index (κ1) is 17.8. The van der Waals surface area contributed by atoms with Crippen LogP contribution in [0.2, 0.25) is 0 Å². The minimum absolute atomic E-state index is 0.0413. The normalized spacial score (nSPS) is 20.4. The van der Waals surface area contributed by atoms with Crippen molar-refractivity contribution in [2.45, 2.75) is 64.2 Å². The number of halogens is 3. The van der Waals surface area contributed by atoms with Gasteiger partial charge in [-0.05, 0) is 30.4 Å². The van der Waals surface area contributed by atoms with E-state index in [4.69, 9.17) is 0 Å². The van der Waals surface area contributed by atoms with Gasteiger partial charge in [-0.2, -0.15) is 18.2 Å². The van der Waals surface area contributed by atoms with Gasteiger partial charge in [0.15, 0.2) is 6.04 Å². The lowest BCUT2D eigenvalue weighted by atomic mass is 9.86. The van der Waals surface area contributed by atoms with Crippen molar-refractivity contribution in [2.75, 3.05) is 0 Å². The summed E-state index contributed by atoms with van der Waals surface area (Å²) in [6, 6.07) is 4.58. The molecule has 0 radical (unpaired) electrons. The molecule has 6 heteroatoms. The summed E-state index contributed by atoms with van der Waals surface area (Å²) in [5.41, 5.74) is 2.42. The Morgan fingerprint density at radius 1 is 1.13 bits per heavy atom. The van der Waals surface area contributed by atoms with Crippen LogP contribution in [0.1, 0.15) is 58.2 Å². The summed E-state index contributed by atoms with van der Waals surface area (Å²) in [6.45, 7) is 9.29. The van der Waals surface area contributed by atoms with Crippen molar-refractivity contribution in [3.8, 4) is 0 Å². The molecular formula is C17H23F3N2O. The largest absolute Gasteiger partial charge is 0.409 e. The van der Waals surface area contributed by atoms with Crippen LogP contribution < -0.4 is 5.43 Å². The van der Waals surface area contributed by atoms with E-state index in [0.29, 0.717) is 0 Å². The van der Waals surface area contributed by atoms with Crippen LogP contribution in [-0.4, -0.2) is 22.6 Å². The van der Waals surface area contributed by atoms with Crippen LogP contribution in [0.25, 0.3) is 0 Å². The van der Waals surface area contributed by atoms with Crippen LogP contribution in [0.4, 0.5) is 13.2 Å². The number of rotatable bonds is 2. The lowest BCUT2D eigenvalue weighted by Gasteiger charge is -2.38. The Labute approximate surface area is 134 Å². The summed E-state index contributed by atoms with van der Waals surface area (Å²) in [4.78, 5) is 11.6. The van der Waals surface area contributed by atoms with Crippen LogP contribution in [0.15, 0.2) is 24.3 Å². The summed E-state index contributed by atoms with van der Waals surface area (Å²) in [5, 5.41) is 1.03. The predicted octanol–water partition coefficient (Wildman–Crippen LogP) is 4.10. The van der Waals surface area contributed by atoms with Crippen LogP contribution in [0, 0.1) is 0 Å². The second-order valence-electron chi connectivity index (χ2n) is 7.71. The van der Waals surface area contributed by atoms with Crippen molar-refractivity contribution in [3.05, 3.63) is 35.4 Å². The van der Waals surface area contributed by atoms with Gasteiger partial charge >= 0.3 is 6.18 Å². The molecule has 1 aliphatic heterocycles. The SMILES string of the molecule is CC(C)(C)c1ccc(C(N2NC(=O)CC2(C)C)C(F)(F)F)cc1. The topological polar surface area (TPSA) is 32.3 Å². The van der Waals surface area contributed by atoms with Crippen LogP contribution in [-0.2, 0) is 10.2 Å². The highest BCUT2D eigenvalue weighted by Crippen LogP contribution is 2.43. The van der Waals surface area contributed by atoms with E-state index in [1.54, 1.807) is 26.0 Å². The van der Waals surface area contributed by atoms with Crippen molar-refractivity contribution in [3.63, 3.8) is 0 Å². The maximum Gasteiger partial charge on any atom is 0.409 e. The highest BCUT2D eigenvalue weighted by Gasteiger charge is 2.52. The highest BCUT2D eigenvalue weighted by molar-refractivity contribution is 5.79. The Morgan fingerprint density at radius 3 is 2.00 bits per heavy atom. The number of alkyl halides is 3. The van der Waals surface area contributed by atoms with Gasteiger partial charge in [0.2, 0.25) is 5.91 Å². The molecule has 1 unspecified atom stereocenters. The number of hydrazine groups is 1. The summed E-state index contributed by atoms with van der Waals surface area (Å²) < 4.78 is 41.0. The zero-order valence-electron chi connectivity index (χ0n) is 14.1. The molecule has 23 heavy (non-hydrogen) atoms. The monoisotopic (exact) mass is 328 g/mol. The third-order valence-corrected chi connectivity index (χ3v) is 4.15. The highest BCUT2D eigenvalue weighted by atomic mass is 19.4. The van der Waals surface area contributed by atoms with Gasteiger partial charge in [-0.1, -0.05) is 45.0 Å². The average Bonchev–Trinajstić information content (AvgIpc) is 2.60. The van der Waals surface area contributed by atoms with E-state index in [-0.39, 0.29) is 17.4 Å². The van der Waals surface area contributed by atoms with Crippen molar-refractivity contribution >= 4 is 5.91 Å². The second kappa shape index (κ2) is 5.51. The number of amides is 1. The van der Waals surface area contributed by atoms with E-state index in [1.807, 2.05) is 20.8 Å². The molecule has 1 N–H and O–H groups in total. The summed E-state index contributed by atoms with van der Waals surface area (Å²) in [7, 11) is 0. The molecule has 0 aromatic heterocycles. The van der Waals surface area contributed by atoms with Gasteiger partial charge in [0.1, 0.15) is 0 Å². The fraction of sp³-hybridized carbons (Fsp3) is 0.588. The van der Waals surface area contributed by atoms with Gasteiger partial charge < -0.3 is 0 Å². The van der Waals surface area contributed by atoms with E-state index in [9.17, 15) is 18.0 Å². The summed E-state index contributed by atoms with van der Waals surface area (Å²) >= 11 is 0. The standard InChI is InChI=1S/C17H23F3N2O/c1-15(2,3)12-8-6-11(7-9-12)14(17(18,19)20)22-16(4,5)10-13(23)21-22/h6-9,14H,10H2,1-5H3,(H,21,23). The molecule has 1 amide bonds. The van der Waals surface area contributed by atoms with Crippen LogP contribution in [0.5, 0.6) is 0 Å². The minimum Gasteiger partial charge on any atom is -0.287 e. The molecule has 0 saturated carbocycles. The zero-order chi connectivity index (χ0) is 17.6. The van der Waals surface area contributed by atoms with Crippen molar-refractivity contribution in [1.82, 2.24) is 10.4 Å². The summed E-state index contributed by atoms with van der Waals surface area (Å²) in [5.74, 6) is -0.393. The Kier molecular flexibility index (Phi) is 4.26. The molecular weight excluding hydrogens is 305 g/mol. The number of hydrogen-bond donors (Lipinski definition) is 1. The van der Waals surface area contributed by atoms with E-state index in [0.717, 1.165) is 10.6 Å². The zero-order valence-corrected chi connectivity index (χ0v) is 14.1. The van der Waals surface area contributed by atoms with E-state index in [2.05, 4.69) is 5.43 Å². The lowest BCUT2D eigenvalue weighted by Crippen LogP contribution is -2.51. The number of carbonyl (C=O) groups is 1. The molecule has 1 aliphatic rings. The molecule has 1 atom stereocenters. The molecule has 2 rings (SSSR count). The molecule has 3 nitrogen and oxygen atoms in total. The molecule has 1 aromatic rings. The lowest BCUT2D eigenvalue weighted by molar-refractivity contribution is -0.203. The maximum atomic E-state index is 13.7. The van der Waals surface area contributed by atoms with Crippen LogP contribution >= 0.6 is 0 Å². The van der Waals surface area contributed by atoms with Gasteiger partial charge in [-0.25, -0.2) is 0 Å². The quantitative estimate of drug-likeness (QED) is 0.886. The summed E-state index contributed by atoms with van der Waals surface area (Å²) in [6.07, 6.45) is -4.45. The molecule has 128 valence electrons. The first-order chi connectivity index (χ1) is 10.3. The van der Waals surface area contributed by atoms with E-state index >= 15 is 0 Å². The number of hydrogen-bond acceptors (Lipinski definition) is 2. The van der Waals surface area contributed by atoms with Gasteiger partial charge in [0, 0.05) is 12.0 Å². The van der Waals surface area contributed by atoms with Crippen molar-refractivity contribution in [2.24, 2.45) is 0 Å². The Balaban J connectivity index is 2.43. The number of nitrogens with one attached hydrogen (secondary N) is 1. The average molecular weight is 328 g/mol. The van der Waals surface area contributed by atoms with Gasteiger partial charge in [0.05, 0.1) is 0 Å². The Bertz CT molecular complexity index is 585. The fourth-order valence-electron chi connectivity index (χ4n) is 2.87. The minimum atomic E-state index is -4.49. The van der Waals surface area contributed by atoms with Crippen molar-refractivity contribution in [1.29, 1.82) is 0 Å². The molecule has 0 bridgehead atoms. The Hall–Kier alpha value is -1.56. The first-order valence-electron chi connectivity index (χ1n) is 7.58. The first-order valence-corrected chi connectivity index (χ1v) is 7.58. The molecule has 1 fully saturated rings. The molecule has 1 saturated heterocycles.